The molecule has 0 aromatic carbocycles. The van der Waals surface area contributed by atoms with Gasteiger partial charge >= 0.3 is 0 Å². The molecule has 1 saturated heterocycles. The maximum absolute atomic E-state index is 12.8. The van der Waals surface area contributed by atoms with Crippen molar-refractivity contribution in [1.82, 2.24) is 30.0 Å². The van der Waals surface area contributed by atoms with Crippen LogP contribution in [-0.2, 0) is 11.8 Å². The molecule has 0 unspecified atom stereocenters. The van der Waals surface area contributed by atoms with E-state index in [1.165, 1.54) is 0 Å². The Hall–Kier alpha value is -2.74. The number of aromatic nitrogens is 5. The molecule has 4 rings (SSSR count). The maximum atomic E-state index is 12.8. The Morgan fingerprint density at radius 1 is 1.42 bits per heavy atom. The highest BCUT2D eigenvalue weighted by Gasteiger charge is 2.33. The summed E-state index contributed by atoms with van der Waals surface area (Å²) >= 11 is 0. The van der Waals surface area contributed by atoms with Gasteiger partial charge in [-0.2, -0.15) is 5.10 Å². The normalized spacial score (nSPS) is 20.6. The summed E-state index contributed by atoms with van der Waals surface area (Å²) in [6, 6.07) is 3.52. The lowest BCUT2D eigenvalue weighted by molar-refractivity contribution is 0.0793. The van der Waals surface area contributed by atoms with Crippen LogP contribution in [0.25, 0.3) is 11.2 Å². The third-order valence-corrected chi connectivity index (χ3v) is 4.31. The van der Waals surface area contributed by atoms with Crippen molar-refractivity contribution in [2.75, 3.05) is 6.61 Å². The van der Waals surface area contributed by atoms with E-state index in [-0.39, 0.29) is 18.1 Å². The van der Waals surface area contributed by atoms with Crippen molar-refractivity contribution in [3.8, 4) is 0 Å². The molecule has 0 bridgehead atoms. The lowest BCUT2D eigenvalue weighted by Gasteiger charge is -2.20. The van der Waals surface area contributed by atoms with Crippen molar-refractivity contribution in [3.05, 3.63) is 41.6 Å². The van der Waals surface area contributed by atoms with Gasteiger partial charge < -0.3 is 15.0 Å². The van der Waals surface area contributed by atoms with Crippen LogP contribution < -0.4 is 5.32 Å². The fourth-order valence-corrected chi connectivity index (χ4v) is 3.15. The van der Waals surface area contributed by atoms with E-state index in [0.717, 1.165) is 17.9 Å². The number of H-pyrrole nitrogens is 1. The van der Waals surface area contributed by atoms with Crippen molar-refractivity contribution < 1.29 is 9.53 Å². The Morgan fingerprint density at radius 2 is 2.29 bits per heavy atom. The van der Waals surface area contributed by atoms with Gasteiger partial charge in [0.05, 0.1) is 22.8 Å². The first kappa shape index (κ1) is 14.8. The van der Waals surface area contributed by atoms with E-state index in [9.17, 15) is 4.79 Å². The number of nitrogens with one attached hydrogen (secondary N) is 2. The summed E-state index contributed by atoms with van der Waals surface area (Å²) in [6.45, 7) is 2.45. The number of pyridine rings is 1. The van der Waals surface area contributed by atoms with Crippen LogP contribution in [0.4, 0.5) is 0 Å². The zero-order chi connectivity index (χ0) is 16.7. The Morgan fingerprint density at radius 3 is 3.08 bits per heavy atom. The fraction of sp³-hybridized carbons (Fsp3) is 0.375. The molecule has 2 N–H and O–H groups in total. The molecule has 3 aromatic rings. The van der Waals surface area contributed by atoms with Crippen LogP contribution in [0.2, 0.25) is 0 Å². The summed E-state index contributed by atoms with van der Waals surface area (Å²) in [6.07, 6.45) is 3.90. The summed E-state index contributed by atoms with van der Waals surface area (Å²) in [7, 11) is 1.87. The van der Waals surface area contributed by atoms with Crippen LogP contribution in [0.5, 0.6) is 0 Å². The number of hydrogen-bond donors (Lipinski definition) is 2. The second kappa shape index (κ2) is 5.72. The molecule has 24 heavy (non-hydrogen) atoms. The smallest absolute Gasteiger partial charge is 0.253 e. The van der Waals surface area contributed by atoms with Gasteiger partial charge in [0.15, 0.2) is 5.65 Å². The first-order valence-corrected chi connectivity index (χ1v) is 7.85. The highest BCUT2D eigenvalue weighted by Crippen LogP contribution is 2.29. The first-order valence-electron chi connectivity index (χ1n) is 7.85. The van der Waals surface area contributed by atoms with Crippen molar-refractivity contribution in [2.45, 2.75) is 25.5 Å². The SMILES string of the molecule is Cc1nc2nccc(C(=O)N[C@H]3CCO[C@@H]3c3ccnn3C)c2[nH]1. The predicted molar refractivity (Wildman–Crippen MR) is 86.4 cm³/mol. The average Bonchev–Trinajstić information content (AvgIpc) is 3.25. The lowest BCUT2D eigenvalue weighted by Crippen LogP contribution is -2.37. The van der Waals surface area contributed by atoms with Crippen LogP contribution in [-0.4, -0.2) is 43.3 Å². The van der Waals surface area contributed by atoms with Gasteiger partial charge in [-0.15, -0.1) is 0 Å². The Kier molecular flexibility index (Phi) is 3.53. The van der Waals surface area contributed by atoms with Gasteiger partial charge in [-0.1, -0.05) is 0 Å². The zero-order valence-corrected chi connectivity index (χ0v) is 13.5. The number of carbonyl (C=O) groups excluding carboxylic acids is 1. The number of rotatable bonds is 3. The van der Waals surface area contributed by atoms with Crippen LogP contribution >= 0.6 is 0 Å². The average molecular weight is 326 g/mol. The van der Waals surface area contributed by atoms with Crippen LogP contribution in [0.15, 0.2) is 24.5 Å². The molecule has 0 saturated carbocycles. The summed E-state index contributed by atoms with van der Waals surface area (Å²) in [4.78, 5) is 24.3. The van der Waals surface area contributed by atoms with E-state index >= 15 is 0 Å². The lowest BCUT2D eigenvalue weighted by atomic mass is 10.1. The van der Waals surface area contributed by atoms with Gasteiger partial charge in [-0.25, -0.2) is 9.97 Å². The highest BCUT2D eigenvalue weighted by atomic mass is 16.5. The van der Waals surface area contributed by atoms with E-state index in [1.54, 1.807) is 23.1 Å². The fourth-order valence-electron chi connectivity index (χ4n) is 3.15. The van der Waals surface area contributed by atoms with Gasteiger partial charge in [0.1, 0.15) is 11.9 Å². The molecule has 1 aliphatic heterocycles. The first-order chi connectivity index (χ1) is 11.6. The Bertz CT molecular complexity index is 899. The van der Waals surface area contributed by atoms with Gasteiger partial charge in [0.2, 0.25) is 0 Å². The Labute approximate surface area is 138 Å². The molecule has 0 aliphatic carbocycles. The van der Waals surface area contributed by atoms with Gasteiger partial charge in [-0.05, 0) is 25.5 Å². The van der Waals surface area contributed by atoms with E-state index in [4.69, 9.17) is 4.74 Å². The van der Waals surface area contributed by atoms with Gasteiger partial charge in [-0.3, -0.25) is 9.48 Å². The van der Waals surface area contributed by atoms with Crippen LogP contribution in [0.1, 0.15) is 34.4 Å². The van der Waals surface area contributed by atoms with E-state index < -0.39 is 0 Å². The quantitative estimate of drug-likeness (QED) is 0.755. The molecule has 2 atom stereocenters. The maximum Gasteiger partial charge on any atom is 0.253 e. The predicted octanol–water partition coefficient (Wildman–Crippen LogP) is 1.26. The third kappa shape index (κ3) is 2.44. The minimum Gasteiger partial charge on any atom is -0.370 e. The Balaban J connectivity index is 1.60. The number of amides is 1. The zero-order valence-electron chi connectivity index (χ0n) is 13.5. The number of nitrogens with zero attached hydrogens (tertiary/aromatic N) is 4. The van der Waals surface area contributed by atoms with Gasteiger partial charge in [0.25, 0.3) is 5.91 Å². The van der Waals surface area contributed by atoms with Crippen LogP contribution in [0.3, 0.4) is 0 Å². The minimum atomic E-state index is -0.192. The molecule has 1 amide bonds. The molecule has 8 heteroatoms. The molecule has 1 fully saturated rings. The minimum absolute atomic E-state index is 0.0971. The number of aromatic amines is 1. The number of aryl methyl sites for hydroxylation is 2. The molecule has 0 spiro atoms. The summed E-state index contributed by atoms with van der Waals surface area (Å²) in [5, 5.41) is 7.26. The summed E-state index contributed by atoms with van der Waals surface area (Å²) in [5.74, 6) is 0.573. The molecular weight excluding hydrogens is 308 g/mol. The number of carbonyl (C=O) groups is 1. The monoisotopic (exact) mass is 326 g/mol. The topological polar surface area (TPSA) is 97.7 Å². The number of imidazole rings is 1. The standard InChI is InChI=1S/C16H18N6O2/c1-9-19-13-10(3-6-17-15(13)20-9)16(23)21-11-5-8-24-14(11)12-4-7-18-22(12)2/h3-4,6-7,11,14H,5,8H2,1-2H3,(H,21,23)(H,17,19,20)/t11-,14-/m0/s1. The second-order valence-electron chi connectivity index (χ2n) is 5.92. The van der Waals surface area contributed by atoms with Gasteiger partial charge in [0, 0.05) is 26.0 Å². The molecule has 124 valence electrons. The summed E-state index contributed by atoms with van der Waals surface area (Å²) < 4.78 is 7.59. The van der Waals surface area contributed by atoms with Crippen molar-refractivity contribution in [1.29, 1.82) is 0 Å². The third-order valence-electron chi connectivity index (χ3n) is 4.31. The molecule has 0 radical (unpaired) electrons. The molecule has 8 nitrogen and oxygen atoms in total. The van der Waals surface area contributed by atoms with Crippen molar-refractivity contribution in [3.63, 3.8) is 0 Å². The molecule has 1 aliphatic rings. The van der Waals surface area contributed by atoms with Crippen molar-refractivity contribution >= 4 is 17.1 Å². The van der Waals surface area contributed by atoms with E-state index in [0.29, 0.717) is 23.3 Å². The summed E-state index contributed by atoms with van der Waals surface area (Å²) in [5.41, 5.74) is 2.70. The van der Waals surface area contributed by atoms with Crippen molar-refractivity contribution in [2.24, 2.45) is 7.05 Å². The number of ether oxygens (including phenoxy) is 1. The van der Waals surface area contributed by atoms with Crippen LogP contribution in [0, 0.1) is 6.92 Å². The molecule has 3 aromatic heterocycles. The second-order valence-corrected chi connectivity index (χ2v) is 5.92. The number of hydrogen-bond acceptors (Lipinski definition) is 5. The molecular formula is C16H18N6O2. The van der Waals surface area contributed by atoms with E-state index in [2.05, 4.69) is 25.4 Å². The largest absolute Gasteiger partial charge is 0.370 e. The number of fused-ring (bicyclic) bond motifs is 1. The molecule has 4 heterocycles. The van der Waals surface area contributed by atoms with E-state index in [1.807, 2.05) is 20.0 Å². The highest BCUT2D eigenvalue weighted by molar-refractivity contribution is 6.04.